The molecule has 1 unspecified atom stereocenters. The standard InChI is InChI=1S/C14H20N2O.ClH/c15-13(11-12-7-3-1-4-8-12)14(17)16-9-5-2-6-10-16;/h1,3-4,7-8,13H,2,5-6,9-11,15H2;1H/p-1. The molecule has 3 nitrogen and oxygen atoms in total. The van der Waals surface area contributed by atoms with E-state index in [4.69, 9.17) is 5.73 Å². The van der Waals surface area contributed by atoms with Crippen molar-refractivity contribution < 1.29 is 17.2 Å². The summed E-state index contributed by atoms with van der Waals surface area (Å²) in [5, 5.41) is 0. The summed E-state index contributed by atoms with van der Waals surface area (Å²) in [6.07, 6.45) is 4.10. The number of carbonyl (C=O) groups excluding carboxylic acids is 1. The lowest BCUT2D eigenvalue weighted by Crippen LogP contribution is -3.00. The summed E-state index contributed by atoms with van der Waals surface area (Å²) >= 11 is 0. The molecule has 1 heterocycles. The second-order valence-corrected chi connectivity index (χ2v) is 4.68. The Bertz CT molecular complexity index is 363. The molecule has 1 atom stereocenters. The van der Waals surface area contributed by atoms with Gasteiger partial charge < -0.3 is 23.0 Å². The van der Waals surface area contributed by atoms with Gasteiger partial charge in [0.05, 0.1) is 6.04 Å². The number of nitrogens with zero attached hydrogens (tertiary/aromatic N) is 1. The Balaban J connectivity index is 0.00000162. The Labute approximate surface area is 115 Å². The van der Waals surface area contributed by atoms with Crippen molar-refractivity contribution in [2.45, 2.75) is 31.7 Å². The normalized spacial score (nSPS) is 16.8. The fourth-order valence-corrected chi connectivity index (χ4v) is 2.30. The van der Waals surface area contributed by atoms with E-state index in [0.29, 0.717) is 6.42 Å². The third-order valence-electron chi connectivity index (χ3n) is 3.28. The molecule has 0 aliphatic carbocycles. The van der Waals surface area contributed by atoms with Gasteiger partial charge in [-0.05, 0) is 31.2 Å². The first kappa shape index (κ1) is 15.0. The Kier molecular flexibility index (Phi) is 6.16. The molecule has 1 fully saturated rings. The maximum Gasteiger partial charge on any atom is 0.239 e. The lowest BCUT2D eigenvalue weighted by Gasteiger charge is -2.29. The van der Waals surface area contributed by atoms with Crippen molar-refractivity contribution in [1.82, 2.24) is 4.90 Å². The van der Waals surface area contributed by atoms with Crippen molar-refractivity contribution in [2.75, 3.05) is 13.1 Å². The van der Waals surface area contributed by atoms with Crippen LogP contribution in [0, 0.1) is 0 Å². The van der Waals surface area contributed by atoms with Gasteiger partial charge in [-0.1, -0.05) is 30.3 Å². The van der Waals surface area contributed by atoms with Gasteiger partial charge in [-0.15, -0.1) is 0 Å². The van der Waals surface area contributed by atoms with Crippen molar-refractivity contribution in [3.05, 3.63) is 35.9 Å². The van der Waals surface area contributed by atoms with Crippen LogP contribution in [0.5, 0.6) is 0 Å². The number of likely N-dealkylation sites (tertiary alicyclic amines) is 1. The van der Waals surface area contributed by atoms with E-state index in [-0.39, 0.29) is 18.3 Å². The summed E-state index contributed by atoms with van der Waals surface area (Å²) in [5.41, 5.74) is 7.12. The number of benzene rings is 1. The largest absolute Gasteiger partial charge is 1.00 e. The van der Waals surface area contributed by atoms with Gasteiger partial charge in [-0.2, -0.15) is 0 Å². The lowest BCUT2D eigenvalue weighted by molar-refractivity contribution is -0.133. The van der Waals surface area contributed by atoms with E-state index < -0.39 is 6.04 Å². The minimum Gasteiger partial charge on any atom is -1.00 e. The topological polar surface area (TPSA) is 46.3 Å². The summed E-state index contributed by atoms with van der Waals surface area (Å²) in [5.74, 6) is 0.105. The van der Waals surface area contributed by atoms with Crippen molar-refractivity contribution in [3.63, 3.8) is 0 Å². The predicted molar refractivity (Wildman–Crippen MR) is 68.6 cm³/mol. The molecule has 1 aliphatic rings. The molecule has 0 aromatic heterocycles. The fraction of sp³-hybridized carbons (Fsp3) is 0.500. The average molecular weight is 268 g/mol. The first-order valence-corrected chi connectivity index (χ1v) is 6.35. The molecule has 18 heavy (non-hydrogen) atoms. The number of hydrogen-bond donors (Lipinski definition) is 1. The number of amides is 1. The molecule has 4 heteroatoms. The number of hydrogen-bond acceptors (Lipinski definition) is 2. The Morgan fingerprint density at radius 2 is 1.78 bits per heavy atom. The van der Waals surface area contributed by atoms with E-state index in [2.05, 4.69) is 0 Å². The summed E-state index contributed by atoms with van der Waals surface area (Å²) in [4.78, 5) is 14.0. The molecule has 1 aliphatic heterocycles. The number of piperidine rings is 1. The molecule has 1 amide bonds. The smallest absolute Gasteiger partial charge is 0.239 e. The number of carbonyl (C=O) groups is 1. The van der Waals surface area contributed by atoms with Gasteiger partial charge in [0.2, 0.25) is 5.91 Å². The van der Waals surface area contributed by atoms with Crippen LogP contribution in [0.4, 0.5) is 0 Å². The highest BCUT2D eigenvalue weighted by molar-refractivity contribution is 5.82. The second kappa shape index (κ2) is 7.39. The fourth-order valence-electron chi connectivity index (χ4n) is 2.30. The van der Waals surface area contributed by atoms with E-state index in [9.17, 15) is 4.79 Å². The van der Waals surface area contributed by atoms with Crippen LogP contribution in [0.25, 0.3) is 0 Å². The van der Waals surface area contributed by atoms with Crippen molar-refractivity contribution in [3.8, 4) is 0 Å². The Hall–Kier alpha value is -1.06. The van der Waals surface area contributed by atoms with Gasteiger partial charge in [-0.3, -0.25) is 4.79 Å². The molecule has 0 spiro atoms. The molecule has 1 saturated heterocycles. The maximum atomic E-state index is 12.1. The zero-order valence-corrected chi connectivity index (χ0v) is 11.3. The highest BCUT2D eigenvalue weighted by Gasteiger charge is 2.22. The van der Waals surface area contributed by atoms with Crippen molar-refractivity contribution in [1.29, 1.82) is 0 Å². The van der Waals surface area contributed by atoms with Crippen molar-refractivity contribution >= 4 is 5.91 Å². The molecule has 1 aromatic rings. The summed E-state index contributed by atoms with van der Waals surface area (Å²) in [6.45, 7) is 1.75. The Morgan fingerprint density at radius 3 is 2.39 bits per heavy atom. The first-order valence-electron chi connectivity index (χ1n) is 6.35. The van der Waals surface area contributed by atoms with Gasteiger partial charge in [0.1, 0.15) is 0 Å². The van der Waals surface area contributed by atoms with Gasteiger partial charge in [-0.25, -0.2) is 0 Å². The van der Waals surface area contributed by atoms with Crippen LogP contribution in [-0.2, 0) is 11.2 Å². The molecule has 0 radical (unpaired) electrons. The summed E-state index contributed by atoms with van der Waals surface area (Å²) in [6, 6.07) is 9.57. The highest BCUT2D eigenvalue weighted by atomic mass is 35.5. The zero-order chi connectivity index (χ0) is 12.1. The van der Waals surface area contributed by atoms with Crippen LogP contribution in [0.1, 0.15) is 24.8 Å². The quantitative estimate of drug-likeness (QED) is 0.730. The molecule has 0 bridgehead atoms. The average Bonchev–Trinajstić information content (AvgIpc) is 2.40. The highest BCUT2D eigenvalue weighted by Crippen LogP contribution is 2.11. The first-order chi connectivity index (χ1) is 8.27. The molecule has 0 saturated carbocycles. The molecule has 100 valence electrons. The van der Waals surface area contributed by atoms with Crippen LogP contribution in [-0.4, -0.2) is 29.9 Å². The van der Waals surface area contributed by atoms with Gasteiger partial charge >= 0.3 is 0 Å². The monoisotopic (exact) mass is 267 g/mol. The molecular weight excluding hydrogens is 248 g/mol. The predicted octanol–water partition coefficient (Wildman–Crippen LogP) is -1.43. The third kappa shape index (κ3) is 4.00. The maximum absolute atomic E-state index is 12.1. The van der Waals surface area contributed by atoms with E-state index in [1.165, 1.54) is 6.42 Å². The lowest BCUT2D eigenvalue weighted by atomic mass is 10.0. The number of halogens is 1. The van der Waals surface area contributed by atoms with Gasteiger partial charge in [0.25, 0.3) is 0 Å². The SMILES string of the molecule is NC(Cc1ccccc1)C(=O)N1CCCCC1.[Cl-]. The van der Waals surface area contributed by atoms with E-state index in [1.54, 1.807) is 0 Å². The zero-order valence-electron chi connectivity index (χ0n) is 10.5. The van der Waals surface area contributed by atoms with Gasteiger partial charge in [0.15, 0.2) is 0 Å². The molecule has 1 aromatic carbocycles. The van der Waals surface area contributed by atoms with Crippen LogP contribution in [0.15, 0.2) is 30.3 Å². The van der Waals surface area contributed by atoms with Crippen LogP contribution in [0.2, 0.25) is 0 Å². The molecule has 2 rings (SSSR count). The minimum atomic E-state index is -0.393. The van der Waals surface area contributed by atoms with Gasteiger partial charge in [0, 0.05) is 13.1 Å². The van der Waals surface area contributed by atoms with E-state index >= 15 is 0 Å². The second-order valence-electron chi connectivity index (χ2n) is 4.68. The minimum absolute atomic E-state index is 0. The third-order valence-corrected chi connectivity index (χ3v) is 3.28. The van der Waals surface area contributed by atoms with E-state index in [0.717, 1.165) is 31.5 Å². The Morgan fingerprint density at radius 1 is 1.17 bits per heavy atom. The summed E-state index contributed by atoms with van der Waals surface area (Å²) in [7, 11) is 0. The van der Waals surface area contributed by atoms with Crippen LogP contribution in [0.3, 0.4) is 0 Å². The van der Waals surface area contributed by atoms with Crippen LogP contribution >= 0.6 is 0 Å². The van der Waals surface area contributed by atoms with Crippen LogP contribution < -0.4 is 18.1 Å². The molecule has 2 N–H and O–H groups in total. The van der Waals surface area contributed by atoms with Crippen molar-refractivity contribution in [2.24, 2.45) is 5.73 Å². The van der Waals surface area contributed by atoms with E-state index in [1.807, 2.05) is 35.2 Å². The number of nitrogens with two attached hydrogens (primary N) is 1. The number of rotatable bonds is 3. The summed E-state index contributed by atoms with van der Waals surface area (Å²) < 4.78 is 0. The molecular formula is C14H20ClN2O-.